The molecule has 0 spiro atoms. The molecule has 0 amide bonds. The largest absolute Gasteiger partial charge is 0.323 e. The van der Waals surface area contributed by atoms with Gasteiger partial charge in [0.1, 0.15) is 5.15 Å². The molecule has 1 aromatic rings. The zero-order valence-corrected chi connectivity index (χ0v) is 5.92. The molecule has 0 unspecified atom stereocenters. The van der Waals surface area contributed by atoms with Gasteiger partial charge in [-0.2, -0.15) is 5.10 Å². The Hall–Kier alpha value is -1.09. The minimum absolute atomic E-state index is 0.467. The lowest BCUT2D eigenvalue weighted by Crippen LogP contribution is -1.86. The molecule has 0 saturated carbocycles. The number of hydrogen-bond acceptors (Lipinski definition) is 3. The first-order valence-electron chi connectivity index (χ1n) is 2.68. The van der Waals surface area contributed by atoms with Crippen LogP contribution in [0.4, 0.5) is 0 Å². The van der Waals surface area contributed by atoms with Crippen LogP contribution in [-0.2, 0) is 0 Å². The molecule has 52 valence electrons. The van der Waals surface area contributed by atoms with Crippen molar-refractivity contribution < 1.29 is 0 Å². The molecule has 4 heteroatoms. The van der Waals surface area contributed by atoms with Gasteiger partial charge in [-0.05, 0) is 12.1 Å². The SMILES string of the molecule is N/N=C/c1ccc(Cl)nc1. The second-order valence-electron chi connectivity index (χ2n) is 1.69. The Labute approximate surface area is 63.5 Å². The molecule has 0 atom stereocenters. The average Bonchev–Trinajstić information content (AvgIpc) is 1.95. The van der Waals surface area contributed by atoms with E-state index in [9.17, 15) is 0 Å². The summed E-state index contributed by atoms with van der Waals surface area (Å²) in [5.74, 6) is 4.91. The van der Waals surface area contributed by atoms with Crippen molar-refractivity contribution in [1.29, 1.82) is 0 Å². The predicted molar refractivity (Wildman–Crippen MR) is 41.0 cm³/mol. The van der Waals surface area contributed by atoms with Crippen LogP contribution in [0.1, 0.15) is 5.56 Å². The second kappa shape index (κ2) is 3.17. The zero-order chi connectivity index (χ0) is 7.40. The lowest BCUT2D eigenvalue weighted by atomic mass is 10.3. The highest BCUT2D eigenvalue weighted by atomic mass is 35.5. The number of halogens is 1. The quantitative estimate of drug-likeness (QED) is 0.285. The van der Waals surface area contributed by atoms with Crippen LogP contribution in [0, 0.1) is 0 Å². The summed E-state index contributed by atoms with van der Waals surface area (Å²) < 4.78 is 0. The summed E-state index contributed by atoms with van der Waals surface area (Å²) in [6.45, 7) is 0. The molecule has 0 aliphatic rings. The summed E-state index contributed by atoms with van der Waals surface area (Å²) in [6.07, 6.45) is 3.10. The molecule has 0 aromatic carbocycles. The molecule has 0 radical (unpaired) electrons. The number of pyridine rings is 1. The number of rotatable bonds is 1. The van der Waals surface area contributed by atoms with E-state index in [-0.39, 0.29) is 0 Å². The van der Waals surface area contributed by atoms with E-state index in [0.717, 1.165) is 5.56 Å². The molecule has 0 fully saturated rings. The lowest BCUT2D eigenvalue weighted by Gasteiger charge is -1.89. The smallest absolute Gasteiger partial charge is 0.129 e. The lowest BCUT2D eigenvalue weighted by molar-refractivity contribution is 1.25. The Morgan fingerprint density at radius 2 is 2.40 bits per heavy atom. The van der Waals surface area contributed by atoms with Gasteiger partial charge in [-0.1, -0.05) is 11.6 Å². The zero-order valence-electron chi connectivity index (χ0n) is 5.16. The van der Waals surface area contributed by atoms with Crippen LogP contribution in [0.2, 0.25) is 5.15 Å². The van der Waals surface area contributed by atoms with E-state index < -0.39 is 0 Å². The summed E-state index contributed by atoms with van der Waals surface area (Å²) >= 11 is 5.52. The monoisotopic (exact) mass is 155 g/mol. The van der Waals surface area contributed by atoms with E-state index >= 15 is 0 Å². The molecule has 1 heterocycles. The highest BCUT2D eigenvalue weighted by Gasteiger charge is 1.87. The normalized spacial score (nSPS) is 10.5. The molecule has 1 rings (SSSR count). The van der Waals surface area contributed by atoms with Crippen LogP contribution in [-0.4, -0.2) is 11.2 Å². The average molecular weight is 156 g/mol. The van der Waals surface area contributed by atoms with Gasteiger partial charge in [-0.15, -0.1) is 0 Å². The van der Waals surface area contributed by atoms with Crippen molar-refractivity contribution in [2.45, 2.75) is 0 Å². The Bertz CT molecular complexity index is 229. The number of nitrogens with two attached hydrogens (primary N) is 1. The van der Waals surface area contributed by atoms with E-state index in [1.54, 1.807) is 18.3 Å². The fourth-order valence-corrected chi connectivity index (χ4v) is 0.661. The molecule has 0 bridgehead atoms. The summed E-state index contributed by atoms with van der Waals surface area (Å²) in [6, 6.07) is 3.46. The first-order chi connectivity index (χ1) is 4.83. The van der Waals surface area contributed by atoms with Gasteiger partial charge in [0.05, 0.1) is 6.21 Å². The first-order valence-corrected chi connectivity index (χ1v) is 3.05. The molecule has 0 aliphatic heterocycles. The van der Waals surface area contributed by atoms with Crippen molar-refractivity contribution >= 4 is 17.8 Å². The molecular weight excluding hydrogens is 150 g/mol. The van der Waals surface area contributed by atoms with Crippen LogP contribution < -0.4 is 5.84 Å². The van der Waals surface area contributed by atoms with Gasteiger partial charge in [-0.25, -0.2) is 4.98 Å². The first kappa shape index (κ1) is 7.02. The molecule has 1 aromatic heterocycles. The molecule has 0 saturated heterocycles. The van der Waals surface area contributed by atoms with E-state index in [1.165, 1.54) is 6.21 Å². The summed E-state index contributed by atoms with van der Waals surface area (Å²) in [4.78, 5) is 3.82. The van der Waals surface area contributed by atoms with E-state index in [4.69, 9.17) is 17.4 Å². The van der Waals surface area contributed by atoms with Crippen LogP contribution in [0.15, 0.2) is 23.4 Å². The molecule has 3 nitrogen and oxygen atoms in total. The minimum atomic E-state index is 0.467. The Morgan fingerprint density at radius 1 is 1.60 bits per heavy atom. The standard InChI is InChI=1S/C6H6ClN3/c7-6-2-1-5(3-9-6)4-10-8/h1-4H,8H2/b10-4+. The topological polar surface area (TPSA) is 51.3 Å². The van der Waals surface area contributed by atoms with Crippen LogP contribution in [0.25, 0.3) is 0 Å². The number of hydrazone groups is 1. The Kier molecular flexibility index (Phi) is 2.23. The molecular formula is C6H6ClN3. The Balaban J connectivity index is 2.89. The third kappa shape index (κ3) is 1.70. The van der Waals surface area contributed by atoms with Gasteiger partial charge in [0.25, 0.3) is 0 Å². The van der Waals surface area contributed by atoms with Crippen molar-refractivity contribution in [1.82, 2.24) is 4.98 Å². The van der Waals surface area contributed by atoms with Gasteiger partial charge in [0.15, 0.2) is 0 Å². The maximum Gasteiger partial charge on any atom is 0.129 e. The van der Waals surface area contributed by atoms with Gasteiger partial charge in [0, 0.05) is 11.8 Å². The second-order valence-corrected chi connectivity index (χ2v) is 2.08. The number of hydrogen-bond donors (Lipinski definition) is 1. The molecule has 10 heavy (non-hydrogen) atoms. The summed E-state index contributed by atoms with van der Waals surface area (Å²) in [5, 5.41) is 3.79. The highest BCUT2D eigenvalue weighted by molar-refractivity contribution is 6.29. The van der Waals surface area contributed by atoms with Crippen molar-refractivity contribution in [3.63, 3.8) is 0 Å². The van der Waals surface area contributed by atoms with Gasteiger partial charge in [0.2, 0.25) is 0 Å². The highest BCUT2D eigenvalue weighted by Crippen LogP contribution is 2.02. The molecule has 0 aliphatic carbocycles. The number of aromatic nitrogens is 1. The fraction of sp³-hybridized carbons (Fsp3) is 0. The van der Waals surface area contributed by atoms with Crippen molar-refractivity contribution in [2.24, 2.45) is 10.9 Å². The van der Waals surface area contributed by atoms with Gasteiger partial charge >= 0.3 is 0 Å². The number of nitrogens with zero attached hydrogens (tertiary/aromatic N) is 2. The fourth-order valence-electron chi connectivity index (χ4n) is 0.550. The minimum Gasteiger partial charge on any atom is -0.323 e. The predicted octanol–water partition coefficient (Wildman–Crippen LogP) is 1.03. The van der Waals surface area contributed by atoms with Crippen molar-refractivity contribution in [2.75, 3.05) is 0 Å². The van der Waals surface area contributed by atoms with Gasteiger partial charge in [-0.3, -0.25) is 0 Å². The molecule has 2 N–H and O–H groups in total. The van der Waals surface area contributed by atoms with Crippen LogP contribution in [0.5, 0.6) is 0 Å². The third-order valence-corrected chi connectivity index (χ3v) is 1.20. The van der Waals surface area contributed by atoms with Crippen LogP contribution in [0.3, 0.4) is 0 Å². The van der Waals surface area contributed by atoms with E-state index in [0.29, 0.717) is 5.15 Å². The van der Waals surface area contributed by atoms with Crippen molar-refractivity contribution in [3.05, 3.63) is 29.0 Å². The van der Waals surface area contributed by atoms with Crippen LogP contribution >= 0.6 is 11.6 Å². The summed E-state index contributed by atoms with van der Waals surface area (Å²) in [5.41, 5.74) is 0.840. The third-order valence-electron chi connectivity index (χ3n) is 0.974. The Morgan fingerprint density at radius 3 is 2.90 bits per heavy atom. The van der Waals surface area contributed by atoms with Gasteiger partial charge < -0.3 is 5.84 Å². The maximum atomic E-state index is 5.52. The maximum absolute atomic E-state index is 5.52. The van der Waals surface area contributed by atoms with Crippen molar-refractivity contribution in [3.8, 4) is 0 Å². The summed E-state index contributed by atoms with van der Waals surface area (Å²) in [7, 11) is 0. The van der Waals surface area contributed by atoms with E-state index in [1.807, 2.05) is 0 Å². The van der Waals surface area contributed by atoms with E-state index in [2.05, 4.69) is 10.1 Å².